The number of carbonyl (C=O) groups is 1. The maximum atomic E-state index is 12.2. The number of amides is 1. The monoisotopic (exact) mass is 300 g/mol. The average Bonchev–Trinajstić information content (AvgIpc) is 3.18. The Morgan fingerprint density at radius 3 is 3.09 bits per heavy atom. The number of aliphatic hydroxyl groups is 1. The van der Waals surface area contributed by atoms with E-state index < -0.39 is 6.10 Å². The lowest BCUT2D eigenvalue weighted by atomic mass is 10.1. The molecule has 0 bridgehead atoms. The molecule has 1 aromatic heterocycles. The van der Waals surface area contributed by atoms with Crippen LogP contribution in [0.25, 0.3) is 5.69 Å². The van der Waals surface area contributed by atoms with Crippen LogP contribution < -0.4 is 10.6 Å². The van der Waals surface area contributed by atoms with Gasteiger partial charge in [-0.2, -0.15) is 0 Å². The van der Waals surface area contributed by atoms with E-state index >= 15 is 0 Å². The third kappa shape index (κ3) is 3.18. The summed E-state index contributed by atoms with van der Waals surface area (Å²) in [6.45, 7) is 2.43. The second-order valence-electron chi connectivity index (χ2n) is 5.65. The predicted molar refractivity (Wildman–Crippen MR) is 82.5 cm³/mol. The number of hydrogen-bond acceptors (Lipinski definition) is 4. The molecule has 0 radical (unpaired) electrons. The van der Waals surface area contributed by atoms with Gasteiger partial charge in [0.05, 0.1) is 24.5 Å². The standard InChI is InChI=1S/C16H20N4O2/c1-11(19-16(22)15-8-14(21)9-18-15)12-3-2-4-13(7-12)20-6-5-17-10-20/h2-7,10-11,14-15,18,21H,8-9H2,1H3,(H,19,22)/t11-,14+,15-/m0/s1. The van der Waals surface area contributed by atoms with Crippen molar-refractivity contribution in [2.45, 2.75) is 31.5 Å². The van der Waals surface area contributed by atoms with Crippen molar-refractivity contribution in [2.75, 3.05) is 6.54 Å². The highest BCUT2D eigenvalue weighted by atomic mass is 16.3. The molecule has 1 amide bonds. The molecular weight excluding hydrogens is 280 g/mol. The SMILES string of the molecule is C[C@H](NC(=O)[C@@H]1C[C@@H](O)CN1)c1cccc(-n2ccnc2)c1. The third-order valence-corrected chi connectivity index (χ3v) is 3.96. The minimum atomic E-state index is -0.435. The summed E-state index contributed by atoms with van der Waals surface area (Å²) in [7, 11) is 0. The van der Waals surface area contributed by atoms with Crippen LogP contribution in [-0.4, -0.2) is 39.3 Å². The number of benzene rings is 1. The average molecular weight is 300 g/mol. The quantitative estimate of drug-likeness (QED) is 0.779. The van der Waals surface area contributed by atoms with Gasteiger partial charge in [0.15, 0.2) is 0 Å². The largest absolute Gasteiger partial charge is 0.392 e. The highest BCUT2D eigenvalue weighted by Gasteiger charge is 2.28. The van der Waals surface area contributed by atoms with E-state index in [1.165, 1.54) is 0 Å². The Bertz CT molecular complexity index is 641. The first kappa shape index (κ1) is 14.7. The Hall–Kier alpha value is -2.18. The first-order valence-electron chi connectivity index (χ1n) is 7.43. The summed E-state index contributed by atoms with van der Waals surface area (Å²) >= 11 is 0. The van der Waals surface area contributed by atoms with Gasteiger partial charge in [0.1, 0.15) is 0 Å². The number of aromatic nitrogens is 2. The lowest BCUT2D eigenvalue weighted by Gasteiger charge is -2.18. The zero-order valence-corrected chi connectivity index (χ0v) is 12.4. The van der Waals surface area contributed by atoms with E-state index in [1.807, 2.05) is 42.0 Å². The second kappa shape index (κ2) is 6.29. The lowest BCUT2D eigenvalue weighted by molar-refractivity contribution is -0.123. The molecule has 2 aromatic rings. The number of rotatable bonds is 4. The number of nitrogens with zero attached hydrogens (tertiary/aromatic N) is 2. The molecule has 0 unspecified atom stereocenters. The van der Waals surface area contributed by atoms with E-state index in [-0.39, 0.29) is 18.0 Å². The first-order chi connectivity index (χ1) is 10.6. The van der Waals surface area contributed by atoms with Crippen molar-refractivity contribution >= 4 is 5.91 Å². The molecule has 22 heavy (non-hydrogen) atoms. The fraction of sp³-hybridized carbons (Fsp3) is 0.375. The molecule has 3 rings (SSSR count). The molecule has 3 atom stereocenters. The van der Waals surface area contributed by atoms with Gasteiger partial charge in [0, 0.05) is 24.6 Å². The van der Waals surface area contributed by atoms with Gasteiger partial charge >= 0.3 is 0 Å². The summed E-state index contributed by atoms with van der Waals surface area (Å²) in [6.07, 6.45) is 5.39. The Kier molecular flexibility index (Phi) is 4.22. The van der Waals surface area contributed by atoms with Crippen molar-refractivity contribution in [3.63, 3.8) is 0 Å². The summed E-state index contributed by atoms with van der Waals surface area (Å²) < 4.78 is 1.92. The number of nitrogens with one attached hydrogen (secondary N) is 2. The number of imidazole rings is 1. The number of β-amino-alcohol motifs (C(OH)–C–C–N with tert-alkyl or cyclic N) is 1. The minimum Gasteiger partial charge on any atom is -0.392 e. The zero-order valence-electron chi connectivity index (χ0n) is 12.4. The van der Waals surface area contributed by atoms with E-state index in [9.17, 15) is 9.90 Å². The molecule has 2 heterocycles. The van der Waals surface area contributed by atoms with E-state index in [1.54, 1.807) is 12.5 Å². The first-order valence-corrected chi connectivity index (χ1v) is 7.43. The normalized spacial score (nSPS) is 22.5. The van der Waals surface area contributed by atoms with Crippen molar-refractivity contribution in [2.24, 2.45) is 0 Å². The minimum absolute atomic E-state index is 0.0721. The Balaban J connectivity index is 1.68. The fourth-order valence-corrected chi connectivity index (χ4v) is 2.68. The Labute approximate surface area is 129 Å². The zero-order chi connectivity index (χ0) is 15.5. The van der Waals surface area contributed by atoms with Crippen LogP contribution in [0.1, 0.15) is 24.9 Å². The van der Waals surface area contributed by atoms with Gasteiger partial charge < -0.3 is 20.3 Å². The van der Waals surface area contributed by atoms with Gasteiger partial charge in [-0.15, -0.1) is 0 Å². The van der Waals surface area contributed by atoms with Crippen LogP contribution >= 0.6 is 0 Å². The van der Waals surface area contributed by atoms with Crippen LogP contribution in [0.3, 0.4) is 0 Å². The van der Waals surface area contributed by atoms with E-state index in [0.717, 1.165) is 11.3 Å². The van der Waals surface area contributed by atoms with Crippen LogP contribution in [0, 0.1) is 0 Å². The van der Waals surface area contributed by atoms with Crippen LogP contribution in [0.2, 0.25) is 0 Å². The summed E-state index contributed by atoms with van der Waals surface area (Å²) in [6, 6.07) is 7.57. The highest BCUT2D eigenvalue weighted by Crippen LogP contribution is 2.17. The van der Waals surface area contributed by atoms with Crippen molar-refractivity contribution in [1.82, 2.24) is 20.2 Å². The maximum absolute atomic E-state index is 12.2. The van der Waals surface area contributed by atoms with E-state index in [0.29, 0.717) is 13.0 Å². The second-order valence-corrected chi connectivity index (χ2v) is 5.65. The van der Waals surface area contributed by atoms with Gasteiger partial charge in [0.25, 0.3) is 0 Å². The van der Waals surface area contributed by atoms with Gasteiger partial charge in [-0.05, 0) is 31.0 Å². The van der Waals surface area contributed by atoms with Crippen LogP contribution in [0.5, 0.6) is 0 Å². The molecule has 1 aliphatic rings. The third-order valence-electron chi connectivity index (χ3n) is 3.96. The molecule has 6 heteroatoms. The number of hydrogen-bond donors (Lipinski definition) is 3. The highest BCUT2D eigenvalue weighted by molar-refractivity contribution is 5.82. The van der Waals surface area contributed by atoms with E-state index in [2.05, 4.69) is 15.6 Å². The molecule has 1 fully saturated rings. The van der Waals surface area contributed by atoms with Crippen LogP contribution in [0.4, 0.5) is 0 Å². The lowest BCUT2D eigenvalue weighted by Crippen LogP contribution is -2.41. The summed E-state index contributed by atoms with van der Waals surface area (Å²) in [4.78, 5) is 16.2. The van der Waals surface area contributed by atoms with Crippen molar-refractivity contribution in [3.8, 4) is 5.69 Å². The molecule has 3 N–H and O–H groups in total. The number of carbonyl (C=O) groups excluding carboxylic acids is 1. The summed E-state index contributed by atoms with van der Waals surface area (Å²) in [5.74, 6) is -0.0721. The van der Waals surface area contributed by atoms with E-state index in [4.69, 9.17) is 0 Å². The Morgan fingerprint density at radius 1 is 1.55 bits per heavy atom. The Morgan fingerprint density at radius 2 is 2.41 bits per heavy atom. The van der Waals surface area contributed by atoms with Gasteiger partial charge in [-0.1, -0.05) is 12.1 Å². The molecule has 1 aromatic carbocycles. The van der Waals surface area contributed by atoms with Crippen molar-refractivity contribution in [3.05, 3.63) is 48.5 Å². The molecule has 1 aliphatic heterocycles. The van der Waals surface area contributed by atoms with Gasteiger partial charge in [-0.25, -0.2) is 4.98 Å². The summed E-state index contributed by atoms with van der Waals surface area (Å²) in [5.41, 5.74) is 2.03. The van der Waals surface area contributed by atoms with Crippen LogP contribution in [-0.2, 0) is 4.79 Å². The predicted octanol–water partition coefficient (Wildman–Crippen LogP) is 0.772. The molecule has 116 valence electrons. The smallest absolute Gasteiger partial charge is 0.237 e. The molecule has 6 nitrogen and oxygen atoms in total. The topological polar surface area (TPSA) is 79.2 Å². The van der Waals surface area contributed by atoms with Gasteiger partial charge in [0.2, 0.25) is 5.91 Å². The molecule has 1 saturated heterocycles. The molecule has 0 spiro atoms. The van der Waals surface area contributed by atoms with Crippen LogP contribution in [0.15, 0.2) is 43.0 Å². The molecule has 0 aliphatic carbocycles. The summed E-state index contributed by atoms with van der Waals surface area (Å²) in [5, 5.41) is 15.5. The molecular formula is C16H20N4O2. The van der Waals surface area contributed by atoms with Crippen molar-refractivity contribution in [1.29, 1.82) is 0 Å². The number of aliphatic hydroxyl groups excluding tert-OH is 1. The van der Waals surface area contributed by atoms with Gasteiger partial charge in [-0.3, -0.25) is 4.79 Å². The fourth-order valence-electron chi connectivity index (χ4n) is 2.68. The van der Waals surface area contributed by atoms with Crippen molar-refractivity contribution < 1.29 is 9.90 Å². The maximum Gasteiger partial charge on any atom is 0.237 e. The molecule has 0 saturated carbocycles.